The van der Waals surface area contributed by atoms with Crippen LogP contribution in [0.25, 0.3) is 0 Å². The predicted octanol–water partition coefficient (Wildman–Crippen LogP) is 1.85. The maximum Gasteiger partial charge on any atom is 0.315 e. The average Bonchev–Trinajstić information content (AvgIpc) is 2.73. The topological polar surface area (TPSA) is 97.4 Å². The molecule has 0 spiro atoms. The van der Waals surface area contributed by atoms with Gasteiger partial charge in [-0.2, -0.15) is 5.26 Å². The number of nitriles is 1. The largest absolute Gasteiger partial charge is 0.351 e. The highest BCUT2D eigenvalue weighted by Crippen LogP contribution is 2.45. The van der Waals surface area contributed by atoms with Crippen molar-refractivity contribution in [3.05, 3.63) is 0 Å². The maximum absolute atomic E-state index is 11.6. The van der Waals surface area contributed by atoms with Crippen LogP contribution in [-0.2, 0) is 0 Å². The number of nitrogens with zero attached hydrogens (tertiary/aromatic N) is 3. The standard InChI is InChI=1S/C20H32Cl2N6O/c21-13-3-1-12(2-4-13)15-7-16-18(8-17(15)22)25-11-26-19(16)27-5-6-28(20(24)29)14(9-23)10-27/h12-19,25-26H,1-8,10-11H2,(H2,24,29). The van der Waals surface area contributed by atoms with E-state index in [1.165, 1.54) is 17.7 Å². The Morgan fingerprint density at radius 3 is 2.52 bits per heavy atom. The molecule has 2 aliphatic carbocycles. The Morgan fingerprint density at radius 1 is 1.07 bits per heavy atom. The molecule has 7 nitrogen and oxygen atoms in total. The Bertz CT molecular complexity index is 637. The van der Waals surface area contributed by atoms with Crippen LogP contribution in [0.2, 0.25) is 0 Å². The highest BCUT2D eigenvalue weighted by Gasteiger charge is 2.47. The minimum absolute atomic E-state index is 0.197. The number of urea groups is 1. The van der Waals surface area contributed by atoms with E-state index in [1.54, 1.807) is 0 Å². The van der Waals surface area contributed by atoms with Gasteiger partial charge in [-0.05, 0) is 50.4 Å². The van der Waals surface area contributed by atoms with Crippen LogP contribution in [0.5, 0.6) is 0 Å². The van der Waals surface area contributed by atoms with E-state index in [4.69, 9.17) is 28.9 Å². The number of amides is 2. The van der Waals surface area contributed by atoms with E-state index in [0.29, 0.717) is 42.3 Å². The summed E-state index contributed by atoms with van der Waals surface area (Å²) in [5.41, 5.74) is 5.46. The average molecular weight is 443 g/mol. The van der Waals surface area contributed by atoms with Gasteiger partial charge in [0, 0.05) is 49.0 Å². The molecule has 9 heteroatoms. The summed E-state index contributed by atoms with van der Waals surface area (Å²) >= 11 is 13.2. The maximum atomic E-state index is 11.6. The molecular formula is C20H32Cl2N6O. The number of halogens is 2. The zero-order valence-corrected chi connectivity index (χ0v) is 18.3. The smallest absolute Gasteiger partial charge is 0.315 e. The van der Waals surface area contributed by atoms with Crippen molar-refractivity contribution >= 4 is 29.2 Å². The van der Waals surface area contributed by atoms with Crippen LogP contribution >= 0.6 is 23.2 Å². The number of carbonyl (C=O) groups excluding carboxylic acids is 1. The van der Waals surface area contributed by atoms with Crippen molar-refractivity contribution in [3.8, 4) is 6.07 Å². The summed E-state index contributed by atoms with van der Waals surface area (Å²) in [4.78, 5) is 15.5. The molecule has 2 amide bonds. The van der Waals surface area contributed by atoms with Crippen LogP contribution in [0.15, 0.2) is 0 Å². The van der Waals surface area contributed by atoms with Crippen LogP contribution in [0, 0.1) is 29.1 Å². The van der Waals surface area contributed by atoms with Gasteiger partial charge in [-0.3, -0.25) is 10.2 Å². The fourth-order valence-corrected chi connectivity index (χ4v) is 6.83. The van der Waals surface area contributed by atoms with Crippen molar-refractivity contribution in [2.75, 3.05) is 26.3 Å². The van der Waals surface area contributed by atoms with E-state index in [-0.39, 0.29) is 11.5 Å². The Hall–Kier alpha value is -0.780. The van der Waals surface area contributed by atoms with Gasteiger partial charge < -0.3 is 16.0 Å². The van der Waals surface area contributed by atoms with Crippen LogP contribution in [0.1, 0.15) is 38.5 Å². The summed E-state index contributed by atoms with van der Waals surface area (Å²) in [6.45, 7) is 2.50. The van der Waals surface area contributed by atoms with Gasteiger partial charge in [-0.15, -0.1) is 23.2 Å². The molecule has 0 aromatic rings. The molecule has 2 aliphatic heterocycles. The number of nitrogens with one attached hydrogen (secondary N) is 2. The van der Waals surface area contributed by atoms with Crippen LogP contribution in [0.3, 0.4) is 0 Å². The molecular weight excluding hydrogens is 411 g/mol. The van der Waals surface area contributed by atoms with E-state index in [2.05, 4.69) is 21.6 Å². The monoisotopic (exact) mass is 442 g/mol. The van der Waals surface area contributed by atoms with Gasteiger partial charge >= 0.3 is 6.03 Å². The van der Waals surface area contributed by atoms with Gasteiger partial charge in [-0.25, -0.2) is 4.79 Å². The molecule has 2 saturated heterocycles. The third-order valence-electron chi connectivity index (χ3n) is 7.63. The molecule has 4 fully saturated rings. The third kappa shape index (κ3) is 4.47. The number of alkyl halides is 2. The normalized spacial score (nSPS) is 44.0. The predicted molar refractivity (Wildman–Crippen MR) is 113 cm³/mol. The first kappa shape index (κ1) is 21.5. The summed E-state index contributed by atoms with van der Waals surface area (Å²) < 4.78 is 0. The fourth-order valence-electron chi connectivity index (χ4n) is 6.07. The third-order valence-corrected chi connectivity index (χ3v) is 8.57. The summed E-state index contributed by atoms with van der Waals surface area (Å²) in [6, 6.07) is 1.64. The molecule has 6 atom stereocenters. The Labute approximate surface area is 183 Å². The summed E-state index contributed by atoms with van der Waals surface area (Å²) in [5, 5.41) is 17.3. The van der Waals surface area contributed by atoms with Gasteiger partial charge in [0.2, 0.25) is 0 Å². The lowest BCUT2D eigenvalue weighted by Gasteiger charge is -2.53. The molecule has 0 aromatic carbocycles. The van der Waals surface area contributed by atoms with Crippen molar-refractivity contribution in [2.45, 2.75) is 67.5 Å². The number of rotatable bonds is 2. The molecule has 4 rings (SSSR count). The van der Waals surface area contributed by atoms with E-state index >= 15 is 0 Å². The zero-order valence-electron chi connectivity index (χ0n) is 16.8. The van der Waals surface area contributed by atoms with Gasteiger partial charge in [0.15, 0.2) is 0 Å². The van der Waals surface area contributed by atoms with Crippen molar-refractivity contribution in [3.63, 3.8) is 0 Å². The summed E-state index contributed by atoms with van der Waals surface area (Å²) in [6.07, 6.45) is 6.83. The molecule has 2 saturated carbocycles. The number of piperazine rings is 1. The number of fused-ring (bicyclic) bond motifs is 1. The van der Waals surface area contributed by atoms with Crippen LogP contribution < -0.4 is 16.4 Å². The molecule has 4 aliphatic rings. The van der Waals surface area contributed by atoms with Crippen molar-refractivity contribution in [1.29, 1.82) is 5.26 Å². The molecule has 162 valence electrons. The molecule has 29 heavy (non-hydrogen) atoms. The number of primary amides is 1. The van der Waals surface area contributed by atoms with Crippen molar-refractivity contribution in [2.24, 2.45) is 23.5 Å². The van der Waals surface area contributed by atoms with Gasteiger partial charge in [-0.1, -0.05) is 0 Å². The Balaban J connectivity index is 1.46. The Kier molecular flexibility index (Phi) is 6.77. The van der Waals surface area contributed by atoms with Crippen molar-refractivity contribution in [1.82, 2.24) is 20.4 Å². The first-order valence-electron chi connectivity index (χ1n) is 10.9. The van der Waals surface area contributed by atoms with Gasteiger partial charge in [0.25, 0.3) is 0 Å². The summed E-state index contributed by atoms with van der Waals surface area (Å²) in [7, 11) is 0. The lowest BCUT2D eigenvalue weighted by Crippen LogP contribution is -2.69. The van der Waals surface area contributed by atoms with Crippen LogP contribution in [0.4, 0.5) is 4.79 Å². The molecule has 0 bridgehead atoms. The molecule has 4 N–H and O–H groups in total. The second-order valence-corrected chi connectivity index (χ2v) is 10.3. The lowest BCUT2D eigenvalue weighted by atomic mass is 9.67. The fraction of sp³-hybridized carbons (Fsp3) is 0.900. The van der Waals surface area contributed by atoms with E-state index in [0.717, 1.165) is 38.9 Å². The number of hydrogen-bond acceptors (Lipinski definition) is 5. The highest BCUT2D eigenvalue weighted by atomic mass is 35.5. The quantitative estimate of drug-likeness (QED) is 0.566. The highest BCUT2D eigenvalue weighted by molar-refractivity contribution is 6.21. The Morgan fingerprint density at radius 2 is 1.83 bits per heavy atom. The van der Waals surface area contributed by atoms with Crippen LogP contribution in [-0.4, -0.2) is 71.1 Å². The summed E-state index contributed by atoms with van der Waals surface area (Å²) in [5.74, 6) is 1.62. The second kappa shape index (κ2) is 9.15. The van der Waals surface area contributed by atoms with Crippen molar-refractivity contribution < 1.29 is 4.79 Å². The first-order chi connectivity index (χ1) is 14.0. The minimum Gasteiger partial charge on any atom is -0.351 e. The SMILES string of the molecule is N#CC1CN(C2NCNC3CC(Cl)C(C4CCC(Cl)CC4)CC32)CCN1C(N)=O. The number of hydrogen-bond donors (Lipinski definition) is 3. The van der Waals surface area contributed by atoms with Gasteiger partial charge in [0.1, 0.15) is 6.04 Å². The molecule has 0 radical (unpaired) electrons. The molecule has 2 heterocycles. The molecule has 0 aromatic heterocycles. The number of nitrogens with two attached hydrogens (primary N) is 1. The lowest BCUT2D eigenvalue weighted by molar-refractivity contribution is -0.0101. The van der Waals surface area contributed by atoms with E-state index < -0.39 is 12.1 Å². The number of carbonyl (C=O) groups is 1. The van der Waals surface area contributed by atoms with Gasteiger partial charge in [0.05, 0.1) is 12.2 Å². The zero-order chi connectivity index (χ0) is 20.5. The first-order valence-corrected chi connectivity index (χ1v) is 11.8. The minimum atomic E-state index is -0.509. The molecule has 6 unspecified atom stereocenters. The second-order valence-electron chi connectivity index (χ2n) is 9.13. The van der Waals surface area contributed by atoms with E-state index in [9.17, 15) is 10.1 Å². The van der Waals surface area contributed by atoms with E-state index in [1.807, 2.05) is 0 Å².